The SMILES string of the molecule is Oc1c(Cl)cc(NCc2cccs2)cc1Cl. The summed E-state index contributed by atoms with van der Waals surface area (Å²) in [5, 5.41) is 15.1. The molecule has 0 bridgehead atoms. The third kappa shape index (κ3) is 2.61. The third-order valence-electron chi connectivity index (χ3n) is 2.06. The lowest BCUT2D eigenvalue weighted by Crippen LogP contribution is -1.97. The highest BCUT2D eigenvalue weighted by Gasteiger charge is 2.06. The molecule has 0 aliphatic heterocycles. The average Bonchev–Trinajstić information content (AvgIpc) is 2.75. The fourth-order valence-corrected chi connectivity index (χ4v) is 2.40. The van der Waals surface area contributed by atoms with Gasteiger partial charge in [0, 0.05) is 17.1 Å². The van der Waals surface area contributed by atoms with Gasteiger partial charge in [-0.25, -0.2) is 0 Å². The topological polar surface area (TPSA) is 32.3 Å². The maximum Gasteiger partial charge on any atom is 0.152 e. The average molecular weight is 274 g/mol. The number of phenols is 1. The van der Waals surface area contributed by atoms with Crippen LogP contribution in [0.4, 0.5) is 5.69 Å². The molecule has 84 valence electrons. The molecule has 0 saturated carbocycles. The van der Waals surface area contributed by atoms with Gasteiger partial charge in [0.2, 0.25) is 0 Å². The van der Waals surface area contributed by atoms with Crippen molar-refractivity contribution < 1.29 is 5.11 Å². The number of thiophene rings is 1. The molecule has 1 aromatic heterocycles. The number of phenolic OH excluding ortho intramolecular Hbond substituents is 1. The number of halogens is 2. The van der Waals surface area contributed by atoms with Crippen LogP contribution in [0, 0.1) is 0 Å². The van der Waals surface area contributed by atoms with E-state index in [0.29, 0.717) is 0 Å². The highest BCUT2D eigenvalue weighted by molar-refractivity contribution is 7.09. The highest BCUT2D eigenvalue weighted by Crippen LogP contribution is 2.34. The van der Waals surface area contributed by atoms with Gasteiger partial charge in [-0.15, -0.1) is 11.3 Å². The first-order chi connectivity index (χ1) is 7.66. The predicted octanol–water partition coefficient (Wildman–Crippen LogP) is 4.37. The van der Waals surface area contributed by atoms with Crippen LogP contribution < -0.4 is 5.32 Å². The zero-order valence-electron chi connectivity index (χ0n) is 8.21. The lowest BCUT2D eigenvalue weighted by molar-refractivity contribution is 0.476. The largest absolute Gasteiger partial charge is 0.505 e. The standard InChI is InChI=1S/C11H9Cl2NOS/c12-9-4-7(5-10(13)11(9)15)14-6-8-2-1-3-16-8/h1-5,14-15H,6H2. The molecule has 2 rings (SSSR count). The molecule has 0 aliphatic carbocycles. The number of anilines is 1. The summed E-state index contributed by atoms with van der Waals surface area (Å²) in [6, 6.07) is 7.34. The molecule has 2 N–H and O–H groups in total. The van der Waals surface area contributed by atoms with E-state index in [4.69, 9.17) is 23.2 Å². The first kappa shape index (κ1) is 11.6. The Kier molecular flexibility index (Phi) is 3.59. The molecule has 0 unspecified atom stereocenters. The minimum absolute atomic E-state index is 0.0787. The van der Waals surface area contributed by atoms with Crippen molar-refractivity contribution in [2.24, 2.45) is 0 Å². The van der Waals surface area contributed by atoms with Crippen molar-refractivity contribution in [3.05, 3.63) is 44.6 Å². The smallest absolute Gasteiger partial charge is 0.152 e. The number of hydrogen-bond donors (Lipinski definition) is 2. The van der Waals surface area contributed by atoms with Crippen LogP contribution in [-0.4, -0.2) is 5.11 Å². The molecule has 1 heterocycles. The second-order valence-electron chi connectivity index (χ2n) is 3.22. The van der Waals surface area contributed by atoms with Crippen molar-refractivity contribution in [1.82, 2.24) is 0 Å². The van der Waals surface area contributed by atoms with E-state index in [1.165, 1.54) is 4.88 Å². The molecule has 5 heteroatoms. The molecule has 0 amide bonds. The Labute approximate surface area is 107 Å². The quantitative estimate of drug-likeness (QED) is 0.814. The van der Waals surface area contributed by atoms with E-state index in [0.717, 1.165) is 12.2 Å². The van der Waals surface area contributed by atoms with Crippen LogP contribution in [0.3, 0.4) is 0 Å². The van der Waals surface area contributed by atoms with E-state index < -0.39 is 0 Å². The summed E-state index contributed by atoms with van der Waals surface area (Å²) >= 11 is 13.3. The summed E-state index contributed by atoms with van der Waals surface area (Å²) in [7, 11) is 0. The third-order valence-corrected chi connectivity index (χ3v) is 3.52. The minimum Gasteiger partial charge on any atom is -0.505 e. The lowest BCUT2D eigenvalue weighted by atomic mass is 10.3. The maximum atomic E-state index is 9.39. The van der Waals surface area contributed by atoms with Crippen molar-refractivity contribution in [2.45, 2.75) is 6.54 Å². The Bertz CT molecular complexity index is 462. The van der Waals surface area contributed by atoms with E-state index in [9.17, 15) is 5.11 Å². The molecule has 0 saturated heterocycles. The van der Waals surface area contributed by atoms with E-state index in [1.54, 1.807) is 23.5 Å². The number of hydrogen-bond acceptors (Lipinski definition) is 3. The van der Waals surface area contributed by atoms with Gasteiger partial charge in [0.15, 0.2) is 5.75 Å². The molecule has 1 aromatic carbocycles. The van der Waals surface area contributed by atoms with Crippen LogP contribution in [0.2, 0.25) is 10.0 Å². The molecule has 16 heavy (non-hydrogen) atoms. The Morgan fingerprint density at radius 3 is 2.50 bits per heavy atom. The van der Waals surface area contributed by atoms with Crippen LogP contribution in [0.5, 0.6) is 5.75 Å². The Morgan fingerprint density at radius 1 is 1.25 bits per heavy atom. The number of benzene rings is 1. The molecule has 0 aliphatic rings. The highest BCUT2D eigenvalue weighted by atomic mass is 35.5. The second kappa shape index (κ2) is 4.95. The van der Waals surface area contributed by atoms with Gasteiger partial charge in [-0.3, -0.25) is 0 Å². The van der Waals surface area contributed by atoms with Gasteiger partial charge >= 0.3 is 0 Å². The fraction of sp³-hybridized carbons (Fsp3) is 0.0909. The Hall–Kier alpha value is -0.900. The van der Waals surface area contributed by atoms with Crippen LogP contribution >= 0.6 is 34.5 Å². The van der Waals surface area contributed by atoms with Gasteiger partial charge in [-0.1, -0.05) is 29.3 Å². The zero-order chi connectivity index (χ0) is 11.5. The first-order valence-electron chi connectivity index (χ1n) is 4.61. The van der Waals surface area contributed by atoms with Crippen molar-refractivity contribution in [3.8, 4) is 5.75 Å². The molecular formula is C11H9Cl2NOS. The molecule has 0 spiro atoms. The number of rotatable bonds is 3. The lowest BCUT2D eigenvalue weighted by Gasteiger charge is -2.07. The summed E-state index contributed by atoms with van der Waals surface area (Å²) in [6.45, 7) is 0.717. The Balaban J connectivity index is 2.10. The molecule has 0 fully saturated rings. The maximum absolute atomic E-state index is 9.39. The summed E-state index contributed by atoms with van der Waals surface area (Å²) in [5.74, 6) is -0.0787. The van der Waals surface area contributed by atoms with Crippen molar-refractivity contribution in [3.63, 3.8) is 0 Å². The summed E-state index contributed by atoms with van der Waals surface area (Å²) in [6.07, 6.45) is 0. The molecule has 0 atom stereocenters. The molecule has 2 aromatic rings. The van der Waals surface area contributed by atoms with E-state index in [1.807, 2.05) is 17.5 Å². The predicted molar refractivity (Wildman–Crippen MR) is 69.8 cm³/mol. The summed E-state index contributed by atoms with van der Waals surface area (Å²) in [5.41, 5.74) is 0.793. The van der Waals surface area contributed by atoms with E-state index >= 15 is 0 Å². The van der Waals surface area contributed by atoms with Gasteiger partial charge in [0.05, 0.1) is 10.0 Å². The second-order valence-corrected chi connectivity index (χ2v) is 5.07. The van der Waals surface area contributed by atoms with Crippen LogP contribution in [-0.2, 0) is 6.54 Å². The summed E-state index contributed by atoms with van der Waals surface area (Å²) < 4.78 is 0. The molecule has 0 radical (unpaired) electrons. The number of nitrogens with one attached hydrogen (secondary N) is 1. The molecular weight excluding hydrogens is 265 g/mol. The van der Waals surface area contributed by atoms with Crippen molar-refractivity contribution in [1.29, 1.82) is 0 Å². The van der Waals surface area contributed by atoms with Gasteiger partial charge in [0.25, 0.3) is 0 Å². The van der Waals surface area contributed by atoms with Crippen molar-refractivity contribution in [2.75, 3.05) is 5.32 Å². The molecule has 2 nitrogen and oxygen atoms in total. The van der Waals surface area contributed by atoms with E-state index in [-0.39, 0.29) is 15.8 Å². The monoisotopic (exact) mass is 273 g/mol. The van der Waals surface area contributed by atoms with Crippen LogP contribution in [0.15, 0.2) is 29.6 Å². The van der Waals surface area contributed by atoms with Crippen LogP contribution in [0.1, 0.15) is 4.88 Å². The minimum atomic E-state index is -0.0787. The van der Waals surface area contributed by atoms with Crippen LogP contribution in [0.25, 0.3) is 0 Å². The first-order valence-corrected chi connectivity index (χ1v) is 6.24. The Morgan fingerprint density at radius 2 is 1.94 bits per heavy atom. The van der Waals surface area contributed by atoms with Gasteiger partial charge in [0.1, 0.15) is 0 Å². The summed E-state index contributed by atoms with van der Waals surface area (Å²) in [4.78, 5) is 1.22. The van der Waals surface area contributed by atoms with E-state index in [2.05, 4.69) is 5.32 Å². The van der Waals surface area contributed by atoms with Gasteiger partial charge < -0.3 is 10.4 Å². The fourth-order valence-electron chi connectivity index (χ4n) is 1.27. The van der Waals surface area contributed by atoms with Gasteiger partial charge in [-0.05, 0) is 23.6 Å². The van der Waals surface area contributed by atoms with Crippen molar-refractivity contribution >= 4 is 40.2 Å². The normalized spacial score (nSPS) is 10.4. The zero-order valence-corrected chi connectivity index (χ0v) is 10.5. The van der Waals surface area contributed by atoms with Gasteiger partial charge in [-0.2, -0.15) is 0 Å². The number of aromatic hydroxyl groups is 1.